The Labute approximate surface area is 181 Å². The van der Waals surface area contributed by atoms with Gasteiger partial charge in [0.2, 0.25) is 5.75 Å². The normalized spacial score (nSPS) is 14.5. The second-order valence-electron chi connectivity index (χ2n) is 7.00. The van der Waals surface area contributed by atoms with Crippen LogP contribution in [0.2, 0.25) is 0 Å². The van der Waals surface area contributed by atoms with Gasteiger partial charge in [0.05, 0.1) is 27.0 Å². The smallest absolute Gasteiger partial charge is 0.203 e. The molecule has 0 aliphatic carbocycles. The predicted octanol–water partition coefficient (Wildman–Crippen LogP) is 2.89. The summed E-state index contributed by atoms with van der Waals surface area (Å²) < 4.78 is 43.8. The Hall–Kier alpha value is -3.23. The number of piperazine rings is 1. The van der Waals surface area contributed by atoms with Crippen LogP contribution < -0.4 is 24.4 Å². The maximum atomic E-state index is 14.1. The zero-order chi connectivity index (χ0) is 22.4. The standard InChI is InChI=1S/C22H28F2N4O3/c1-25-22(26-14-15-11-19(29-2)21(31-4)20(12-15)30-3)28-9-7-27(8-10-28)18-13-16(23)5-6-17(18)24/h5-6,11-13H,7-10,14H2,1-4H3,(H,25,26). The summed E-state index contributed by atoms with van der Waals surface area (Å²) in [7, 11) is 6.44. The highest BCUT2D eigenvalue weighted by atomic mass is 19.1. The Balaban J connectivity index is 1.63. The predicted molar refractivity (Wildman–Crippen MR) is 116 cm³/mol. The number of anilines is 1. The molecule has 2 aromatic carbocycles. The number of guanidine groups is 1. The first-order chi connectivity index (χ1) is 15.0. The molecule has 0 radical (unpaired) electrons. The average Bonchev–Trinajstić information content (AvgIpc) is 2.80. The third-order valence-electron chi connectivity index (χ3n) is 5.22. The van der Waals surface area contributed by atoms with Crippen molar-refractivity contribution in [1.82, 2.24) is 10.2 Å². The van der Waals surface area contributed by atoms with Crippen molar-refractivity contribution in [3.8, 4) is 17.2 Å². The first-order valence-electron chi connectivity index (χ1n) is 9.95. The van der Waals surface area contributed by atoms with E-state index in [-0.39, 0.29) is 0 Å². The molecule has 1 aliphatic rings. The minimum Gasteiger partial charge on any atom is -0.493 e. The van der Waals surface area contributed by atoms with E-state index in [2.05, 4.69) is 15.2 Å². The summed E-state index contributed by atoms with van der Waals surface area (Å²) in [4.78, 5) is 8.30. The van der Waals surface area contributed by atoms with Crippen LogP contribution in [0.5, 0.6) is 17.2 Å². The fourth-order valence-electron chi connectivity index (χ4n) is 3.64. The Morgan fingerprint density at radius 2 is 1.61 bits per heavy atom. The first kappa shape index (κ1) is 22.5. The van der Waals surface area contributed by atoms with Crippen LogP contribution >= 0.6 is 0 Å². The van der Waals surface area contributed by atoms with Crippen LogP contribution in [0, 0.1) is 11.6 Å². The largest absolute Gasteiger partial charge is 0.493 e. The van der Waals surface area contributed by atoms with E-state index in [0.29, 0.717) is 55.7 Å². The molecule has 1 aliphatic heterocycles. The van der Waals surface area contributed by atoms with E-state index in [1.807, 2.05) is 17.0 Å². The molecule has 3 rings (SSSR count). The van der Waals surface area contributed by atoms with Crippen LogP contribution in [0.1, 0.15) is 5.56 Å². The molecule has 0 bridgehead atoms. The molecule has 2 aromatic rings. The Bertz CT molecular complexity index is 906. The lowest BCUT2D eigenvalue weighted by Gasteiger charge is -2.37. The second-order valence-corrected chi connectivity index (χ2v) is 7.00. The van der Waals surface area contributed by atoms with Gasteiger partial charge in [-0.1, -0.05) is 0 Å². The van der Waals surface area contributed by atoms with Gasteiger partial charge in [-0.25, -0.2) is 8.78 Å². The van der Waals surface area contributed by atoms with E-state index < -0.39 is 11.6 Å². The number of methoxy groups -OCH3 is 3. The summed E-state index contributed by atoms with van der Waals surface area (Å²) in [5, 5.41) is 3.34. The van der Waals surface area contributed by atoms with Crippen molar-refractivity contribution in [3.05, 3.63) is 47.5 Å². The number of hydrogen-bond donors (Lipinski definition) is 1. The molecule has 0 spiro atoms. The van der Waals surface area contributed by atoms with E-state index in [1.54, 1.807) is 28.4 Å². The number of nitrogens with zero attached hydrogens (tertiary/aromatic N) is 3. The van der Waals surface area contributed by atoms with Crippen molar-refractivity contribution in [1.29, 1.82) is 0 Å². The van der Waals surface area contributed by atoms with E-state index in [0.717, 1.165) is 23.7 Å². The monoisotopic (exact) mass is 434 g/mol. The quantitative estimate of drug-likeness (QED) is 0.557. The van der Waals surface area contributed by atoms with Gasteiger partial charge in [-0.2, -0.15) is 0 Å². The van der Waals surface area contributed by atoms with Crippen molar-refractivity contribution in [2.24, 2.45) is 4.99 Å². The number of aliphatic imine (C=N–C) groups is 1. The molecule has 0 unspecified atom stereocenters. The maximum Gasteiger partial charge on any atom is 0.203 e. The lowest BCUT2D eigenvalue weighted by atomic mass is 10.1. The number of ether oxygens (including phenoxy) is 3. The molecule has 1 fully saturated rings. The Morgan fingerprint density at radius 3 is 2.16 bits per heavy atom. The van der Waals surface area contributed by atoms with Gasteiger partial charge in [0.25, 0.3) is 0 Å². The molecule has 7 nitrogen and oxygen atoms in total. The highest BCUT2D eigenvalue weighted by Gasteiger charge is 2.22. The number of nitrogens with one attached hydrogen (secondary N) is 1. The third kappa shape index (κ3) is 5.10. The van der Waals surface area contributed by atoms with Crippen LogP contribution in [0.15, 0.2) is 35.3 Å². The third-order valence-corrected chi connectivity index (χ3v) is 5.22. The summed E-state index contributed by atoms with van der Waals surface area (Å²) in [6.07, 6.45) is 0. The molecule has 0 amide bonds. The summed E-state index contributed by atoms with van der Waals surface area (Å²) in [6, 6.07) is 7.29. The fraction of sp³-hybridized carbons (Fsp3) is 0.409. The van der Waals surface area contributed by atoms with Gasteiger partial charge in [-0.05, 0) is 29.8 Å². The van der Waals surface area contributed by atoms with Crippen molar-refractivity contribution in [3.63, 3.8) is 0 Å². The molecule has 0 aromatic heterocycles. The molecule has 0 saturated carbocycles. The van der Waals surface area contributed by atoms with Crippen molar-refractivity contribution in [2.75, 3.05) is 59.5 Å². The molecule has 1 saturated heterocycles. The molecule has 1 N–H and O–H groups in total. The molecule has 9 heteroatoms. The number of hydrogen-bond acceptors (Lipinski definition) is 5. The molecular weight excluding hydrogens is 406 g/mol. The Morgan fingerprint density at radius 1 is 0.968 bits per heavy atom. The van der Waals surface area contributed by atoms with Gasteiger partial charge in [0.1, 0.15) is 11.6 Å². The number of halogens is 2. The highest BCUT2D eigenvalue weighted by Crippen LogP contribution is 2.38. The first-order valence-corrected chi connectivity index (χ1v) is 9.95. The zero-order valence-corrected chi connectivity index (χ0v) is 18.2. The van der Waals surface area contributed by atoms with E-state index in [4.69, 9.17) is 14.2 Å². The molecule has 168 valence electrons. The minimum atomic E-state index is -0.443. The van der Waals surface area contributed by atoms with Crippen LogP contribution in [0.3, 0.4) is 0 Å². The summed E-state index contributed by atoms with van der Waals surface area (Å²) >= 11 is 0. The molecule has 0 atom stereocenters. The molecule has 31 heavy (non-hydrogen) atoms. The van der Waals surface area contributed by atoms with E-state index in [9.17, 15) is 8.78 Å². The van der Waals surface area contributed by atoms with Crippen molar-refractivity contribution < 1.29 is 23.0 Å². The molecule has 1 heterocycles. The van der Waals surface area contributed by atoms with E-state index >= 15 is 0 Å². The van der Waals surface area contributed by atoms with Crippen LogP contribution in [0.25, 0.3) is 0 Å². The van der Waals surface area contributed by atoms with Gasteiger partial charge in [0.15, 0.2) is 17.5 Å². The number of benzene rings is 2. The topological polar surface area (TPSA) is 58.6 Å². The lowest BCUT2D eigenvalue weighted by molar-refractivity contribution is 0.323. The van der Waals surface area contributed by atoms with Gasteiger partial charge in [-0.3, -0.25) is 4.99 Å². The number of rotatable bonds is 6. The van der Waals surface area contributed by atoms with Gasteiger partial charge in [-0.15, -0.1) is 0 Å². The highest BCUT2D eigenvalue weighted by molar-refractivity contribution is 5.80. The lowest BCUT2D eigenvalue weighted by Crippen LogP contribution is -2.52. The maximum absolute atomic E-state index is 14.1. The van der Waals surface area contributed by atoms with Crippen LogP contribution in [0.4, 0.5) is 14.5 Å². The van der Waals surface area contributed by atoms with E-state index in [1.165, 1.54) is 6.07 Å². The Kier molecular flexibility index (Phi) is 7.38. The summed E-state index contributed by atoms with van der Waals surface area (Å²) in [5.41, 5.74) is 1.23. The second kappa shape index (κ2) is 10.2. The van der Waals surface area contributed by atoms with Crippen LogP contribution in [-0.2, 0) is 6.54 Å². The van der Waals surface area contributed by atoms with Gasteiger partial charge >= 0.3 is 0 Å². The summed E-state index contributed by atoms with van der Waals surface area (Å²) in [6.45, 7) is 2.88. The molecular formula is C22H28F2N4O3. The SMILES string of the molecule is CN=C(NCc1cc(OC)c(OC)c(OC)c1)N1CCN(c2cc(F)ccc2F)CC1. The zero-order valence-electron chi connectivity index (χ0n) is 18.2. The van der Waals surface area contributed by atoms with Gasteiger partial charge in [0, 0.05) is 45.8 Å². The summed E-state index contributed by atoms with van der Waals surface area (Å²) in [5.74, 6) is 1.58. The fourth-order valence-corrected chi connectivity index (χ4v) is 3.64. The van der Waals surface area contributed by atoms with Crippen molar-refractivity contribution >= 4 is 11.6 Å². The van der Waals surface area contributed by atoms with Crippen LogP contribution in [-0.4, -0.2) is 65.4 Å². The minimum absolute atomic E-state index is 0.292. The average molecular weight is 434 g/mol. The van der Waals surface area contributed by atoms with Crippen molar-refractivity contribution in [2.45, 2.75) is 6.54 Å². The van der Waals surface area contributed by atoms with Gasteiger partial charge < -0.3 is 29.3 Å².